The molecule has 0 aliphatic carbocycles. The predicted octanol–water partition coefficient (Wildman–Crippen LogP) is 4.20. The Balaban J connectivity index is 1.41. The van der Waals surface area contributed by atoms with Crippen molar-refractivity contribution in [3.05, 3.63) is 78.4 Å². The summed E-state index contributed by atoms with van der Waals surface area (Å²) in [6, 6.07) is 19.0. The van der Waals surface area contributed by atoms with E-state index < -0.39 is 32.5 Å². The van der Waals surface area contributed by atoms with Gasteiger partial charge in [-0.05, 0) is 73.4 Å². The van der Waals surface area contributed by atoms with E-state index in [0.29, 0.717) is 35.7 Å². The summed E-state index contributed by atoms with van der Waals surface area (Å²) >= 11 is 0. The van der Waals surface area contributed by atoms with Gasteiger partial charge in [-0.3, -0.25) is 4.79 Å². The number of piperidine rings is 1. The van der Waals surface area contributed by atoms with Crippen LogP contribution in [0.25, 0.3) is 0 Å². The Labute approximate surface area is 241 Å². The third kappa shape index (κ3) is 6.40. The topological polar surface area (TPSA) is 122 Å². The van der Waals surface area contributed by atoms with E-state index in [-0.39, 0.29) is 29.2 Å². The fraction of sp³-hybridized carbons (Fsp3) is 0.345. The van der Waals surface area contributed by atoms with Crippen LogP contribution in [0, 0.1) is 0 Å². The van der Waals surface area contributed by atoms with Crippen LogP contribution in [-0.2, 0) is 31.4 Å². The van der Waals surface area contributed by atoms with E-state index in [9.17, 15) is 21.6 Å². The first-order chi connectivity index (χ1) is 19.7. The molecule has 0 aromatic heterocycles. The molecule has 5 rings (SSSR count). The van der Waals surface area contributed by atoms with Crippen LogP contribution in [0.15, 0.2) is 82.6 Å². The number of benzene rings is 3. The Bertz CT molecular complexity index is 1600. The summed E-state index contributed by atoms with van der Waals surface area (Å²) in [6.45, 7) is 1.91. The average Bonchev–Trinajstić information content (AvgIpc) is 3.45. The number of fused-ring (bicyclic) bond motifs is 1. The maximum atomic E-state index is 13.8. The molecule has 1 N–H and O–H groups in total. The fourth-order valence-corrected chi connectivity index (χ4v) is 8.27. The van der Waals surface area contributed by atoms with Gasteiger partial charge in [0.2, 0.25) is 32.7 Å². The molecule has 0 radical (unpaired) electrons. The lowest BCUT2D eigenvalue weighted by Crippen LogP contribution is -2.43. The van der Waals surface area contributed by atoms with Crippen molar-refractivity contribution >= 4 is 31.6 Å². The molecule has 1 unspecified atom stereocenters. The first kappa shape index (κ1) is 29.1. The zero-order valence-electron chi connectivity index (χ0n) is 22.7. The first-order valence-electron chi connectivity index (χ1n) is 13.5. The van der Waals surface area contributed by atoms with Crippen molar-refractivity contribution in [3.63, 3.8) is 0 Å². The van der Waals surface area contributed by atoms with Crippen LogP contribution in [-0.4, -0.2) is 57.3 Å². The third-order valence-corrected chi connectivity index (χ3v) is 11.1. The number of carbonyl (C=O) groups is 1. The van der Waals surface area contributed by atoms with Crippen molar-refractivity contribution in [1.29, 1.82) is 0 Å². The monoisotopic (exact) mass is 599 g/mol. The highest BCUT2D eigenvalue weighted by atomic mass is 32.2. The molecule has 12 heteroatoms. The molecular weight excluding hydrogens is 566 g/mol. The van der Waals surface area contributed by atoms with Crippen LogP contribution in [0.1, 0.15) is 38.2 Å². The summed E-state index contributed by atoms with van der Waals surface area (Å²) in [6.07, 6.45) is 3.30. The number of rotatable bonds is 10. The van der Waals surface area contributed by atoms with Crippen LogP contribution in [0.4, 0.5) is 5.69 Å². The number of carbonyl (C=O) groups excluding carboxylic acids is 1. The standard InChI is InChI=1S/C29H33N3O7S2/c1-2-24-10-6-7-17-32(24)41(36,37)26-14-12-25(13-15-26)40(34,35)31(20-29(33)30-23-8-4-3-5-9-23)19-22-11-16-27-28(18-22)39-21-38-27/h3-5,8-9,11-16,18,24H,2,6-7,10,17,19-21H2,1H3,(H,30,33). The number of para-hydroxylation sites is 1. The number of hydrogen-bond acceptors (Lipinski definition) is 7. The number of anilines is 1. The van der Waals surface area contributed by atoms with Crippen LogP contribution >= 0.6 is 0 Å². The van der Waals surface area contributed by atoms with Gasteiger partial charge in [0.1, 0.15) is 0 Å². The minimum atomic E-state index is -4.21. The van der Waals surface area contributed by atoms with Gasteiger partial charge in [0.15, 0.2) is 11.5 Å². The van der Waals surface area contributed by atoms with Crippen molar-refractivity contribution in [2.45, 2.75) is 55.0 Å². The predicted molar refractivity (Wildman–Crippen MR) is 153 cm³/mol. The summed E-state index contributed by atoms with van der Waals surface area (Å²) < 4.78 is 67.9. The van der Waals surface area contributed by atoms with E-state index in [4.69, 9.17) is 9.47 Å². The molecule has 1 atom stereocenters. The second kappa shape index (κ2) is 12.2. The smallest absolute Gasteiger partial charge is 0.243 e. The van der Waals surface area contributed by atoms with E-state index in [1.54, 1.807) is 42.5 Å². The van der Waals surface area contributed by atoms with Crippen molar-refractivity contribution in [2.24, 2.45) is 0 Å². The van der Waals surface area contributed by atoms with Gasteiger partial charge in [-0.1, -0.05) is 37.6 Å². The molecular formula is C29H33N3O7S2. The SMILES string of the molecule is CCC1CCCCN1S(=O)(=O)c1ccc(S(=O)(=O)N(CC(=O)Nc2ccccc2)Cc2ccc3c(c2)OCO3)cc1. The zero-order valence-corrected chi connectivity index (χ0v) is 24.4. The molecule has 0 bridgehead atoms. The minimum absolute atomic E-state index is 0.0425. The molecule has 2 heterocycles. The normalized spacial score (nSPS) is 17.5. The summed E-state index contributed by atoms with van der Waals surface area (Å²) in [7, 11) is -7.99. The maximum Gasteiger partial charge on any atom is 0.243 e. The average molecular weight is 600 g/mol. The number of nitrogens with zero attached hydrogens (tertiary/aromatic N) is 2. The molecule has 2 aliphatic rings. The Morgan fingerprint density at radius 2 is 1.63 bits per heavy atom. The Morgan fingerprint density at radius 1 is 0.927 bits per heavy atom. The molecule has 0 saturated carbocycles. The molecule has 1 saturated heterocycles. The van der Waals surface area contributed by atoms with Crippen LogP contribution in [0.5, 0.6) is 11.5 Å². The molecule has 3 aromatic rings. The van der Waals surface area contributed by atoms with Crippen LogP contribution < -0.4 is 14.8 Å². The lowest BCUT2D eigenvalue weighted by Gasteiger charge is -2.34. The molecule has 0 spiro atoms. The van der Waals surface area contributed by atoms with Crippen LogP contribution in [0.2, 0.25) is 0 Å². The van der Waals surface area contributed by atoms with Gasteiger partial charge in [0, 0.05) is 24.8 Å². The van der Waals surface area contributed by atoms with Gasteiger partial charge in [0.25, 0.3) is 0 Å². The van der Waals surface area contributed by atoms with E-state index in [0.717, 1.165) is 23.6 Å². The Kier molecular flexibility index (Phi) is 8.64. The second-order valence-corrected chi connectivity index (χ2v) is 13.8. The van der Waals surface area contributed by atoms with E-state index >= 15 is 0 Å². The number of nitrogens with one attached hydrogen (secondary N) is 1. The Hall–Kier alpha value is -3.45. The fourth-order valence-electron chi connectivity index (χ4n) is 5.12. The summed E-state index contributed by atoms with van der Waals surface area (Å²) in [5.41, 5.74) is 1.14. The number of sulfonamides is 2. The number of ether oxygens (including phenoxy) is 2. The van der Waals surface area contributed by atoms with Crippen LogP contribution in [0.3, 0.4) is 0 Å². The lowest BCUT2D eigenvalue weighted by atomic mass is 10.0. The molecule has 1 amide bonds. The van der Waals surface area contributed by atoms with Crippen molar-refractivity contribution in [2.75, 3.05) is 25.2 Å². The van der Waals surface area contributed by atoms with Crippen molar-refractivity contribution in [1.82, 2.24) is 8.61 Å². The second-order valence-electron chi connectivity index (χ2n) is 10.0. The molecule has 1 fully saturated rings. The summed E-state index contributed by atoms with van der Waals surface area (Å²) in [5.74, 6) is 0.530. The molecule has 3 aromatic carbocycles. The highest BCUT2D eigenvalue weighted by Gasteiger charge is 2.33. The van der Waals surface area contributed by atoms with Crippen molar-refractivity contribution in [3.8, 4) is 11.5 Å². The molecule has 2 aliphatic heterocycles. The van der Waals surface area contributed by atoms with Gasteiger partial charge in [-0.15, -0.1) is 0 Å². The number of hydrogen-bond donors (Lipinski definition) is 1. The largest absolute Gasteiger partial charge is 0.454 e. The van der Waals surface area contributed by atoms with Gasteiger partial charge in [-0.2, -0.15) is 8.61 Å². The Morgan fingerprint density at radius 3 is 2.37 bits per heavy atom. The molecule has 41 heavy (non-hydrogen) atoms. The molecule has 218 valence electrons. The van der Waals surface area contributed by atoms with Crippen molar-refractivity contribution < 1.29 is 31.1 Å². The highest BCUT2D eigenvalue weighted by molar-refractivity contribution is 7.89. The molecule has 10 nitrogen and oxygen atoms in total. The lowest BCUT2D eigenvalue weighted by molar-refractivity contribution is -0.116. The summed E-state index contributed by atoms with van der Waals surface area (Å²) in [4.78, 5) is 12.9. The highest BCUT2D eigenvalue weighted by Crippen LogP contribution is 2.33. The van der Waals surface area contributed by atoms with E-state index in [1.165, 1.54) is 28.6 Å². The number of amides is 1. The van der Waals surface area contributed by atoms with Gasteiger partial charge in [-0.25, -0.2) is 16.8 Å². The van der Waals surface area contributed by atoms with Gasteiger partial charge in [0.05, 0.1) is 16.3 Å². The minimum Gasteiger partial charge on any atom is -0.454 e. The van der Waals surface area contributed by atoms with Gasteiger partial charge >= 0.3 is 0 Å². The van der Waals surface area contributed by atoms with E-state index in [1.807, 2.05) is 13.0 Å². The quantitative estimate of drug-likeness (QED) is 0.371. The third-order valence-electron chi connectivity index (χ3n) is 7.29. The first-order valence-corrected chi connectivity index (χ1v) is 16.4. The van der Waals surface area contributed by atoms with Gasteiger partial charge < -0.3 is 14.8 Å². The van der Waals surface area contributed by atoms with E-state index in [2.05, 4.69) is 5.32 Å². The zero-order chi connectivity index (χ0) is 29.0. The maximum absolute atomic E-state index is 13.8. The summed E-state index contributed by atoms with van der Waals surface area (Å²) in [5, 5.41) is 2.72.